The summed E-state index contributed by atoms with van der Waals surface area (Å²) >= 11 is 0. The van der Waals surface area contributed by atoms with Crippen LogP contribution in [0, 0.1) is 5.41 Å². The summed E-state index contributed by atoms with van der Waals surface area (Å²) in [6.07, 6.45) is 6.78. The van der Waals surface area contributed by atoms with Crippen molar-refractivity contribution in [1.82, 2.24) is 10.2 Å². The zero-order chi connectivity index (χ0) is 19.3. The molecule has 2 aliphatic rings. The van der Waals surface area contributed by atoms with Gasteiger partial charge in [0.25, 0.3) is 0 Å². The predicted octanol–water partition coefficient (Wildman–Crippen LogP) is 4.06. The number of hydrogen-bond donors (Lipinski definition) is 1. The molecule has 158 valence electrons. The molecule has 0 bridgehead atoms. The maximum atomic E-state index is 5.54. The van der Waals surface area contributed by atoms with E-state index in [1.54, 1.807) is 21.3 Å². The molecule has 1 saturated heterocycles. The van der Waals surface area contributed by atoms with Gasteiger partial charge in [-0.3, -0.25) is 0 Å². The van der Waals surface area contributed by atoms with E-state index in [1.807, 2.05) is 12.1 Å². The van der Waals surface area contributed by atoms with E-state index >= 15 is 0 Å². The molecular formula is C21H34IN3O3. The third kappa shape index (κ3) is 4.96. The molecule has 1 N–H and O–H groups in total. The molecule has 0 amide bonds. The lowest BCUT2D eigenvalue weighted by Crippen LogP contribution is -2.41. The Bertz CT molecular complexity index is 675. The maximum Gasteiger partial charge on any atom is 0.194 e. The second-order valence-electron chi connectivity index (χ2n) is 7.57. The number of halogens is 1. The molecule has 3 rings (SSSR count). The van der Waals surface area contributed by atoms with Gasteiger partial charge in [-0.2, -0.15) is 0 Å². The summed E-state index contributed by atoms with van der Waals surface area (Å²) < 4.78 is 16.4. The highest BCUT2D eigenvalue weighted by atomic mass is 127. The van der Waals surface area contributed by atoms with Gasteiger partial charge in [0.2, 0.25) is 0 Å². The first kappa shape index (κ1) is 22.9. The molecule has 1 spiro atoms. The fourth-order valence-corrected chi connectivity index (χ4v) is 4.45. The molecule has 7 heteroatoms. The van der Waals surface area contributed by atoms with Gasteiger partial charge in [0.15, 0.2) is 17.5 Å². The summed E-state index contributed by atoms with van der Waals surface area (Å²) in [7, 11) is 4.95. The Hall–Kier alpha value is -1.38. The van der Waals surface area contributed by atoms with Gasteiger partial charge >= 0.3 is 0 Å². The summed E-state index contributed by atoms with van der Waals surface area (Å²) in [6.45, 7) is 5.74. The van der Waals surface area contributed by atoms with Gasteiger partial charge in [0, 0.05) is 31.3 Å². The Balaban J connectivity index is 0.00000280. The van der Waals surface area contributed by atoms with E-state index in [-0.39, 0.29) is 24.0 Å². The third-order valence-electron chi connectivity index (χ3n) is 5.92. The van der Waals surface area contributed by atoms with E-state index in [2.05, 4.69) is 17.1 Å². The van der Waals surface area contributed by atoms with Crippen LogP contribution >= 0.6 is 24.0 Å². The molecule has 0 radical (unpaired) electrons. The maximum absolute atomic E-state index is 5.54. The molecule has 1 aromatic carbocycles. The fourth-order valence-electron chi connectivity index (χ4n) is 4.45. The molecule has 2 fully saturated rings. The standard InChI is InChI=1S/C21H33N3O3.HI/c1-5-22-20(24-11-10-21(15-24)8-6-7-9-21)23-14-16-12-18(26-3)19(27-4)13-17(16)25-2;/h12-13H,5-11,14-15H2,1-4H3,(H,22,23);1H. The topological polar surface area (TPSA) is 55.3 Å². The second kappa shape index (κ2) is 10.4. The SMILES string of the molecule is CCNC(=NCc1cc(OC)c(OC)cc1OC)N1CCC2(CCCC2)C1.I. The lowest BCUT2D eigenvalue weighted by Gasteiger charge is -2.26. The van der Waals surface area contributed by atoms with Crippen LogP contribution < -0.4 is 19.5 Å². The number of methoxy groups -OCH3 is 3. The summed E-state index contributed by atoms with van der Waals surface area (Å²) in [4.78, 5) is 7.35. The number of likely N-dealkylation sites (tertiary alicyclic amines) is 1. The van der Waals surface area contributed by atoms with Crippen molar-refractivity contribution in [2.75, 3.05) is 41.0 Å². The molecule has 6 nitrogen and oxygen atoms in total. The van der Waals surface area contributed by atoms with Crippen molar-refractivity contribution in [3.8, 4) is 17.2 Å². The minimum absolute atomic E-state index is 0. The summed E-state index contributed by atoms with van der Waals surface area (Å²) in [5.74, 6) is 3.12. The summed E-state index contributed by atoms with van der Waals surface area (Å²) in [5, 5.41) is 3.47. The first-order valence-electron chi connectivity index (χ1n) is 9.97. The Morgan fingerprint density at radius 1 is 1.04 bits per heavy atom. The van der Waals surface area contributed by atoms with Crippen molar-refractivity contribution in [2.45, 2.75) is 45.6 Å². The van der Waals surface area contributed by atoms with E-state index in [0.717, 1.165) is 36.9 Å². The van der Waals surface area contributed by atoms with E-state index in [1.165, 1.54) is 32.1 Å². The molecule has 1 aromatic rings. The minimum atomic E-state index is 0. The third-order valence-corrected chi connectivity index (χ3v) is 5.92. The van der Waals surface area contributed by atoms with Crippen molar-refractivity contribution >= 4 is 29.9 Å². The highest BCUT2D eigenvalue weighted by Crippen LogP contribution is 2.45. The van der Waals surface area contributed by atoms with Crippen molar-refractivity contribution in [2.24, 2.45) is 10.4 Å². The number of nitrogens with zero attached hydrogens (tertiary/aromatic N) is 2. The number of aliphatic imine (C=N–C) groups is 1. The minimum Gasteiger partial charge on any atom is -0.496 e. The number of benzene rings is 1. The van der Waals surface area contributed by atoms with Gasteiger partial charge in [-0.1, -0.05) is 12.8 Å². The number of guanidine groups is 1. The normalized spacial score (nSPS) is 18.1. The second-order valence-corrected chi connectivity index (χ2v) is 7.57. The molecule has 1 aliphatic heterocycles. The first-order chi connectivity index (χ1) is 13.1. The van der Waals surface area contributed by atoms with Crippen LogP contribution in [0.3, 0.4) is 0 Å². The van der Waals surface area contributed by atoms with E-state index < -0.39 is 0 Å². The molecule has 0 unspecified atom stereocenters. The van der Waals surface area contributed by atoms with Crippen LogP contribution in [0.1, 0.15) is 44.6 Å². The fraction of sp³-hybridized carbons (Fsp3) is 0.667. The van der Waals surface area contributed by atoms with Crippen LogP contribution in [0.25, 0.3) is 0 Å². The van der Waals surface area contributed by atoms with Crippen LogP contribution in [-0.2, 0) is 6.54 Å². The van der Waals surface area contributed by atoms with Crippen LogP contribution in [0.15, 0.2) is 17.1 Å². The van der Waals surface area contributed by atoms with Crippen molar-refractivity contribution in [1.29, 1.82) is 0 Å². The van der Waals surface area contributed by atoms with Crippen LogP contribution in [-0.4, -0.2) is 51.8 Å². The summed E-state index contributed by atoms with van der Waals surface area (Å²) in [5.41, 5.74) is 1.51. The lowest BCUT2D eigenvalue weighted by atomic mass is 9.86. The van der Waals surface area contributed by atoms with Crippen molar-refractivity contribution in [3.63, 3.8) is 0 Å². The Morgan fingerprint density at radius 3 is 2.29 bits per heavy atom. The van der Waals surface area contributed by atoms with Gasteiger partial charge < -0.3 is 24.4 Å². The van der Waals surface area contributed by atoms with E-state index in [0.29, 0.717) is 23.5 Å². The molecule has 1 saturated carbocycles. The zero-order valence-corrected chi connectivity index (χ0v) is 19.9. The Kier molecular flexibility index (Phi) is 8.52. The van der Waals surface area contributed by atoms with Crippen LogP contribution in [0.2, 0.25) is 0 Å². The van der Waals surface area contributed by atoms with Gasteiger partial charge in [-0.25, -0.2) is 4.99 Å². The summed E-state index contributed by atoms with van der Waals surface area (Å²) in [6, 6.07) is 3.81. The smallest absolute Gasteiger partial charge is 0.194 e. The van der Waals surface area contributed by atoms with Crippen LogP contribution in [0.4, 0.5) is 0 Å². The highest BCUT2D eigenvalue weighted by Gasteiger charge is 2.41. The molecule has 0 atom stereocenters. The molecule has 0 aromatic heterocycles. The van der Waals surface area contributed by atoms with E-state index in [9.17, 15) is 0 Å². The molecule has 28 heavy (non-hydrogen) atoms. The van der Waals surface area contributed by atoms with Gasteiger partial charge in [-0.05, 0) is 37.7 Å². The number of nitrogens with one attached hydrogen (secondary N) is 1. The molecule has 1 aliphatic carbocycles. The van der Waals surface area contributed by atoms with E-state index in [4.69, 9.17) is 19.2 Å². The average Bonchev–Trinajstić information content (AvgIpc) is 3.34. The lowest BCUT2D eigenvalue weighted by molar-refractivity contribution is 0.309. The number of hydrogen-bond acceptors (Lipinski definition) is 4. The largest absolute Gasteiger partial charge is 0.496 e. The van der Waals surface area contributed by atoms with Gasteiger partial charge in [-0.15, -0.1) is 24.0 Å². The van der Waals surface area contributed by atoms with Gasteiger partial charge in [0.1, 0.15) is 5.75 Å². The molecular weight excluding hydrogens is 469 g/mol. The Labute approximate surface area is 186 Å². The van der Waals surface area contributed by atoms with Gasteiger partial charge in [0.05, 0.1) is 27.9 Å². The number of rotatable bonds is 6. The monoisotopic (exact) mass is 503 g/mol. The highest BCUT2D eigenvalue weighted by molar-refractivity contribution is 14.0. The quantitative estimate of drug-likeness (QED) is 0.361. The van der Waals surface area contributed by atoms with Crippen molar-refractivity contribution < 1.29 is 14.2 Å². The van der Waals surface area contributed by atoms with Crippen molar-refractivity contribution in [3.05, 3.63) is 17.7 Å². The van der Waals surface area contributed by atoms with Crippen LogP contribution in [0.5, 0.6) is 17.2 Å². The average molecular weight is 503 g/mol. The number of ether oxygens (including phenoxy) is 3. The predicted molar refractivity (Wildman–Crippen MR) is 123 cm³/mol. The molecule has 1 heterocycles. The first-order valence-corrected chi connectivity index (χ1v) is 9.97. The Morgan fingerprint density at radius 2 is 1.68 bits per heavy atom. The zero-order valence-electron chi connectivity index (χ0n) is 17.5.